The van der Waals surface area contributed by atoms with Crippen LogP contribution in [0.3, 0.4) is 0 Å². The van der Waals surface area contributed by atoms with Crippen molar-refractivity contribution in [3.05, 3.63) is 47.8 Å². The molecule has 0 saturated heterocycles. The number of nitrogens with one attached hydrogen (secondary N) is 2. The molecular formula is C18H28FIN6. The number of guanidine groups is 1. The van der Waals surface area contributed by atoms with Crippen LogP contribution in [0.2, 0.25) is 0 Å². The maximum Gasteiger partial charge on any atom is 0.191 e. The molecule has 0 radical (unpaired) electrons. The van der Waals surface area contributed by atoms with Crippen molar-refractivity contribution in [2.75, 3.05) is 13.1 Å². The predicted molar refractivity (Wildman–Crippen MR) is 113 cm³/mol. The van der Waals surface area contributed by atoms with E-state index < -0.39 is 0 Å². The third kappa shape index (κ3) is 7.27. The van der Waals surface area contributed by atoms with Crippen LogP contribution in [-0.2, 0) is 19.5 Å². The molecule has 0 unspecified atom stereocenters. The lowest BCUT2D eigenvalue weighted by atomic mass is 10.2. The fourth-order valence-corrected chi connectivity index (χ4v) is 2.38. The monoisotopic (exact) mass is 474 g/mol. The van der Waals surface area contributed by atoms with Crippen LogP contribution in [0.4, 0.5) is 4.39 Å². The van der Waals surface area contributed by atoms with Gasteiger partial charge in [0.15, 0.2) is 5.96 Å². The summed E-state index contributed by atoms with van der Waals surface area (Å²) in [6.45, 7) is 6.79. The highest BCUT2D eigenvalue weighted by atomic mass is 127. The summed E-state index contributed by atoms with van der Waals surface area (Å²) in [6.07, 6.45) is 4.75. The van der Waals surface area contributed by atoms with Crippen molar-refractivity contribution >= 4 is 29.9 Å². The smallest absolute Gasteiger partial charge is 0.191 e. The summed E-state index contributed by atoms with van der Waals surface area (Å²) >= 11 is 0. The van der Waals surface area contributed by atoms with Crippen LogP contribution in [0, 0.1) is 5.82 Å². The number of rotatable bonds is 9. The molecule has 1 aromatic carbocycles. The van der Waals surface area contributed by atoms with Gasteiger partial charge < -0.3 is 15.2 Å². The van der Waals surface area contributed by atoms with Gasteiger partial charge in [0, 0.05) is 31.6 Å². The van der Waals surface area contributed by atoms with Crippen molar-refractivity contribution in [3.63, 3.8) is 0 Å². The number of hydrogen-bond acceptors (Lipinski definition) is 3. The Labute approximate surface area is 171 Å². The third-order valence-corrected chi connectivity index (χ3v) is 3.85. The molecule has 1 heterocycles. The van der Waals surface area contributed by atoms with E-state index in [2.05, 4.69) is 39.7 Å². The predicted octanol–water partition coefficient (Wildman–Crippen LogP) is 3.13. The number of nitrogens with zero attached hydrogens (tertiary/aromatic N) is 4. The van der Waals surface area contributed by atoms with Crippen LogP contribution in [0.5, 0.6) is 0 Å². The minimum absolute atomic E-state index is 0. The molecule has 1 aromatic heterocycles. The number of unbranched alkanes of at least 4 members (excludes halogenated alkanes) is 1. The van der Waals surface area contributed by atoms with E-state index in [0.29, 0.717) is 24.6 Å². The van der Waals surface area contributed by atoms with Gasteiger partial charge in [-0.2, -0.15) is 0 Å². The van der Waals surface area contributed by atoms with E-state index in [9.17, 15) is 4.39 Å². The van der Waals surface area contributed by atoms with E-state index in [4.69, 9.17) is 0 Å². The molecule has 0 aliphatic heterocycles. The first-order valence-corrected chi connectivity index (χ1v) is 8.86. The number of benzene rings is 1. The third-order valence-electron chi connectivity index (χ3n) is 3.85. The molecular weight excluding hydrogens is 446 g/mol. The summed E-state index contributed by atoms with van der Waals surface area (Å²) in [4.78, 5) is 4.50. The lowest BCUT2D eigenvalue weighted by molar-refractivity contribution is 0.608. The van der Waals surface area contributed by atoms with Crippen LogP contribution in [0.1, 0.15) is 38.1 Å². The van der Waals surface area contributed by atoms with Gasteiger partial charge in [0.05, 0.1) is 6.54 Å². The van der Waals surface area contributed by atoms with Crippen molar-refractivity contribution in [2.45, 2.75) is 46.2 Å². The van der Waals surface area contributed by atoms with E-state index in [1.807, 2.05) is 10.6 Å². The van der Waals surface area contributed by atoms with Gasteiger partial charge in [-0.25, -0.2) is 9.38 Å². The summed E-state index contributed by atoms with van der Waals surface area (Å²) < 4.78 is 15.8. The molecule has 0 aliphatic carbocycles. The van der Waals surface area contributed by atoms with Gasteiger partial charge in [-0.05, 0) is 12.5 Å². The van der Waals surface area contributed by atoms with E-state index in [-0.39, 0.29) is 29.8 Å². The summed E-state index contributed by atoms with van der Waals surface area (Å²) in [5.74, 6) is 1.43. The van der Waals surface area contributed by atoms with Crippen LogP contribution < -0.4 is 10.6 Å². The molecule has 8 heteroatoms. The fraction of sp³-hybridized carbons (Fsp3) is 0.500. The van der Waals surface area contributed by atoms with Gasteiger partial charge in [-0.3, -0.25) is 0 Å². The standard InChI is InChI=1S/C18H27FN6.HI/c1-3-5-10-20-18(22-13-15-8-6-7-9-16(15)19)21-11-12-25-14-23-24-17(25)4-2;/h6-9,14H,3-5,10-13H2,1-2H3,(H2,20,21,22);1H. The van der Waals surface area contributed by atoms with Crippen LogP contribution in [0.25, 0.3) is 0 Å². The number of aromatic nitrogens is 3. The Morgan fingerprint density at radius 1 is 1.19 bits per heavy atom. The van der Waals surface area contributed by atoms with Crippen molar-refractivity contribution in [1.29, 1.82) is 0 Å². The second-order valence-electron chi connectivity index (χ2n) is 5.76. The second-order valence-corrected chi connectivity index (χ2v) is 5.76. The molecule has 0 bridgehead atoms. The highest BCUT2D eigenvalue weighted by molar-refractivity contribution is 14.0. The van der Waals surface area contributed by atoms with E-state index >= 15 is 0 Å². The first-order valence-electron chi connectivity index (χ1n) is 8.86. The number of aliphatic imine (C=N–C) groups is 1. The quantitative estimate of drug-likeness (QED) is 0.254. The molecule has 0 atom stereocenters. The lowest BCUT2D eigenvalue weighted by Gasteiger charge is -2.13. The number of aryl methyl sites for hydroxylation is 1. The maximum atomic E-state index is 13.7. The zero-order chi connectivity index (χ0) is 17.9. The highest BCUT2D eigenvalue weighted by Gasteiger charge is 2.04. The Balaban J connectivity index is 0.00000338. The lowest BCUT2D eigenvalue weighted by Crippen LogP contribution is -2.39. The van der Waals surface area contributed by atoms with E-state index in [1.165, 1.54) is 6.07 Å². The zero-order valence-electron chi connectivity index (χ0n) is 15.4. The molecule has 0 saturated carbocycles. The molecule has 2 N–H and O–H groups in total. The van der Waals surface area contributed by atoms with Gasteiger partial charge in [-0.15, -0.1) is 34.2 Å². The topological polar surface area (TPSA) is 67.1 Å². The largest absolute Gasteiger partial charge is 0.356 e. The normalized spacial score (nSPS) is 11.1. The molecule has 0 spiro atoms. The summed E-state index contributed by atoms with van der Waals surface area (Å²) in [6, 6.07) is 6.73. The molecule has 144 valence electrons. The summed E-state index contributed by atoms with van der Waals surface area (Å²) in [5, 5.41) is 14.6. The Bertz CT molecular complexity index is 673. The molecule has 2 rings (SSSR count). The van der Waals surface area contributed by atoms with E-state index in [1.54, 1.807) is 18.5 Å². The van der Waals surface area contributed by atoms with Crippen LogP contribution in [0.15, 0.2) is 35.6 Å². The van der Waals surface area contributed by atoms with Gasteiger partial charge in [0.2, 0.25) is 0 Å². The molecule has 6 nitrogen and oxygen atoms in total. The average molecular weight is 474 g/mol. The summed E-state index contributed by atoms with van der Waals surface area (Å²) in [5.41, 5.74) is 0.589. The molecule has 0 amide bonds. The van der Waals surface area contributed by atoms with Crippen LogP contribution in [-0.4, -0.2) is 33.8 Å². The Morgan fingerprint density at radius 3 is 2.69 bits per heavy atom. The first kappa shape index (κ1) is 22.3. The van der Waals surface area contributed by atoms with Crippen molar-refractivity contribution < 1.29 is 4.39 Å². The highest BCUT2D eigenvalue weighted by Crippen LogP contribution is 2.07. The van der Waals surface area contributed by atoms with Gasteiger partial charge in [0.1, 0.15) is 18.0 Å². The molecule has 26 heavy (non-hydrogen) atoms. The minimum Gasteiger partial charge on any atom is -0.356 e. The van der Waals surface area contributed by atoms with Gasteiger partial charge in [-0.1, -0.05) is 38.5 Å². The Kier molecular flexibility index (Phi) is 10.8. The molecule has 0 aliphatic rings. The van der Waals surface area contributed by atoms with E-state index in [0.717, 1.165) is 38.2 Å². The van der Waals surface area contributed by atoms with Gasteiger partial charge in [0.25, 0.3) is 0 Å². The first-order chi connectivity index (χ1) is 12.2. The van der Waals surface area contributed by atoms with Crippen molar-refractivity contribution in [1.82, 2.24) is 25.4 Å². The minimum atomic E-state index is -0.226. The summed E-state index contributed by atoms with van der Waals surface area (Å²) in [7, 11) is 0. The number of halogens is 2. The number of hydrogen-bond donors (Lipinski definition) is 2. The Morgan fingerprint density at radius 2 is 1.96 bits per heavy atom. The van der Waals surface area contributed by atoms with Crippen molar-refractivity contribution in [3.8, 4) is 0 Å². The average Bonchev–Trinajstić information content (AvgIpc) is 3.08. The van der Waals surface area contributed by atoms with Crippen LogP contribution >= 0.6 is 24.0 Å². The van der Waals surface area contributed by atoms with Crippen molar-refractivity contribution in [2.24, 2.45) is 4.99 Å². The zero-order valence-corrected chi connectivity index (χ0v) is 17.7. The second kappa shape index (κ2) is 12.6. The molecule has 0 fully saturated rings. The maximum absolute atomic E-state index is 13.7. The fourth-order valence-electron chi connectivity index (χ4n) is 2.38. The molecule has 2 aromatic rings. The SMILES string of the molecule is CCCCNC(=NCc1ccccc1F)NCCn1cnnc1CC.I. The van der Waals surface area contributed by atoms with Gasteiger partial charge >= 0.3 is 0 Å². The Hall–Kier alpha value is -1.71.